The Hall–Kier alpha value is -2.20. The molecule has 0 aromatic heterocycles. The van der Waals surface area contributed by atoms with Crippen molar-refractivity contribution in [3.63, 3.8) is 0 Å². The Morgan fingerprint density at radius 2 is 1.71 bits per heavy atom. The second kappa shape index (κ2) is 9.18. The molecule has 0 saturated carbocycles. The summed E-state index contributed by atoms with van der Waals surface area (Å²) in [6.07, 6.45) is 0. The second-order valence-electron chi connectivity index (χ2n) is 5.98. The average molecular weight is 347 g/mol. The first-order valence-corrected chi connectivity index (χ1v) is 8.39. The zero-order chi connectivity index (χ0) is 17.4. The molecular weight excluding hydrogens is 324 g/mol. The van der Waals surface area contributed by atoms with Crippen LogP contribution in [0, 0.1) is 5.92 Å². The van der Waals surface area contributed by atoms with Gasteiger partial charge in [-0.15, -0.1) is 0 Å². The lowest BCUT2D eigenvalue weighted by Crippen LogP contribution is -2.34. The fourth-order valence-electron chi connectivity index (χ4n) is 2.07. The first kappa shape index (κ1) is 18.1. The molecule has 0 radical (unpaired) electrons. The Bertz CT molecular complexity index is 657. The molecule has 0 fully saturated rings. The van der Waals surface area contributed by atoms with E-state index in [4.69, 9.17) is 16.3 Å². The molecule has 128 valence electrons. The van der Waals surface area contributed by atoms with E-state index < -0.39 is 0 Å². The van der Waals surface area contributed by atoms with Crippen LogP contribution >= 0.6 is 11.6 Å². The largest absolute Gasteiger partial charge is 0.493 e. The highest BCUT2D eigenvalue weighted by Gasteiger charge is 2.06. The summed E-state index contributed by atoms with van der Waals surface area (Å²) in [6.45, 7) is 5.73. The predicted octanol–water partition coefficient (Wildman–Crippen LogP) is 4.37. The smallest absolute Gasteiger partial charge is 0.315 e. The highest BCUT2D eigenvalue weighted by atomic mass is 35.5. The van der Waals surface area contributed by atoms with Gasteiger partial charge >= 0.3 is 6.03 Å². The summed E-state index contributed by atoms with van der Waals surface area (Å²) in [5.41, 5.74) is 1.95. The number of benzene rings is 2. The molecule has 0 atom stereocenters. The minimum atomic E-state index is -0.219. The van der Waals surface area contributed by atoms with Crippen molar-refractivity contribution in [2.45, 2.75) is 26.9 Å². The summed E-state index contributed by atoms with van der Waals surface area (Å²) in [5.74, 6) is 1.26. The molecule has 4 nitrogen and oxygen atoms in total. The molecule has 2 N–H and O–H groups in total. The summed E-state index contributed by atoms with van der Waals surface area (Å²) < 4.78 is 5.79. The van der Waals surface area contributed by atoms with E-state index in [1.807, 2.05) is 36.4 Å². The Morgan fingerprint density at radius 3 is 2.42 bits per heavy atom. The zero-order valence-corrected chi connectivity index (χ0v) is 14.8. The summed E-state index contributed by atoms with van der Waals surface area (Å²) in [6, 6.07) is 14.9. The van der Waals surface area contributed by atoms with Crippen LogP contribution in [0.2, 0.25) is 5.02 Å². The van der Waals surface area contributed by atoms with Crippen LogP contribution in [0.5, 0.6) is 5.75 Å². The molecule has 0 saturated heterocycles. The van der Waals surface area contributed by atoms with E-state index in [1.165, 1.54) is 0 Å². The highest BCUT2D eigenvalue weighted by Crippen LogP contribution is 2.18. The number of carbonyl (C=O) groups excluding carboxylic acids is 1. The minimum absolute atomic E-state index is 0.219. The van der Waals surface area contributed by atoms with Crippen LogP contribution in [0.25, 0.3) is 0 Å². The zero-order valence-electron chi connectivity index (χ0n) is 14.0. The number of hydrogen-bond acceptors (Lipinski definition) is 2. The van der Waals surface area contributed by atoms with E-state index in [-0.39, 0.29) is 6.03 Å². The Morgan fingerprint density at radius 1 is 1.04 bits per heavy atom. The molecule has 2 rings (SSSR count). The maximum Gasteiger partial charge on any atom is 0.315 e. The van der Waals surface area contributed by atoms with E-state index in [9.17, 15) is 4.79 Å². The van der Waals surface area contributed by atoms with Gasteiger partial charge in [-0.05, 0) is 29.7 Å². The summed E-state index contributed by atoms with van der Waals surface area (Å²) in [4.78, 5) is 11.9. The fraction of sp³-hybridized carbons (Fsp3) is 0.316. The third-order valence-electron chi connectivity index (χ3n) is 3.35. The Kier molecular flexibility index (Phi) is 6.94. The molecule has 24 heavy (non-hydrogen) atoms. The van der Waals surface area contributed by atoms with Gasteiger partial charge in [0.25, 0.3) is 0 Å². The van der Waals surface area contributed by atoms with Crippen molar-refractivity contribution in [1.82, 2.24) is 10.6 Å². The molecule has 0 heterocycles. The van der Waals surface area contributed by atoms with Crippen LogP contribution in [-0.2, 0) is 13.1 Å². The van der Waals surface area contributed by atoms with Gasteiger partial charge in [-0.3, -0.25) is 0 Å². The van der Waals surface area contributed by atoms with Gasteiger partial charge in [0.15, 0.2) is 0 Å². The lowest BCUT2D eigenvalue weighted by Gasteiger charge is -2.14. The van der Waals surface area contributed by atoms with Crippen molar-refractivity contribution in [3.05, 3.63) is 64.7 Å². The maximum absolute atomic E-state index is 11.9. The Labute approximate surface area is 148 Å². The molecule has 0 spiro atoms. The summed E-state index contributed by atoms with van der Waals surface area (Å²) >= 11 is 5.84. The lowest BCUT2D eigenvalue weighted by atomic mass is 10.2. The van der Waals surface area contributed by atoms with Crippen LogP contribution < -0.4 is 15.4 Å². The fourth-order valence-corrected chi connectivity index (χ4v) is 2.20. The van der Waals surface area contributed by atoms with Crippen molar-refractivity contribution < 1.29 is 9.53 Å². The van der Waals surface area contributed by atoms with E-state index in [1.54, 1.807) is 12.1 Å². The first-order valence-electron chi connectivity index (χ1n) is 8.01. The van der Waals surface area contributed by atoms with Crippen molar-refractivity contribution in [1.29, 1.82) is 0 Å². The van der Waals surface area contributed by atoms with Crippen LogP contribution in [0.4, 0.5) is 4.79 Å². The van der Waals surface area contributed by atoms with Crippen molar-refractivity contribution >= 4 is 17.6 Å². The number of halogens is 1. The number of carbonyl (C=O) groups is 1. The third-order valence-corrected chi connectivity index (χ3v) is 3.60. The minimum Gasteiger partial charge on any atom is -0.493 e. The van der Waals surface area contributed by atoms with Gasteiger partial charge in [0.2, 0.25) is 0 Å². The van der Waals surface area contributed by atoms with Crippen molar-refractivity contribution in [2.75, 3.05) is 6.61 Å². The summed E-state index contributed by atoms with van der Waals surface area (Å²) in [7, 11) is 0. The molecule has 0 unspecified atom stereocenters. The standard InChI is InChI=1S/C19H23ClN2O2/c1-14(2)13-24-18-6-4-3-5-16(18)12-22-19(23)21-11-15-7-9-17(20)10-8-15/h3-10,14H,11-13H2,1-2H3,(H2,21,22,23). The number of ether oxygens (including phenoxy) is 1. The van der Waals surface area contributed by atoms with E-state index >= 15 is 0 Å². The van der Waals surface area contributed by atoms with Gasteiger partial charge < -0.3 is 15.4 Å². The van der Waals surface area contributed by atoms with Gasteiger partial charge in [0.05, 0.1) is 6.61 Å². The van der Waals surface area contributed by atoms with Gasteiger partial charge in [0, 0.05) is 23.7 Å². The number of urea groups is 1. The van der Waals surface area contributed by atoms with Gasteiger partial charge in [-0.1, -0.05) is 55.8 Å². The van der Waals surface area contributed by atoms with Crippen LogP contribution in [0.1, 0.15) is 25.0 Å². The summed E-state index contributed by atoms with van der Waals surface area (Å²) in [5, 5.41) is 6.36. The predicted molar refractivity (Wildman–Crippen MR) is 97.3 cm³/mol. The van der Waals surface area contributed by atoms with Gasteiger partial charge in [-0.2, -0.15) is 0 Å². The molecule has 0 aliphatic rings. The number of hydrogen-bond donors (Lipinski definition) is 2. The van der Waals surface area contributed by atoms with Crippen molar-refractivity contribution in [2.24, 2.45) is 5.92 Å². The highest BCUT2D eigenvalue weighted by molar-refractivity contribution is 6.30. The lowest BCUT2D eigenvalue weighted by molar-refractivity contribution is 0.239. The maximum atomic E-state index is 11.9. The second-order valence-corrected chi connectivity index (χ2v) is 6.41. The van der Waals surface area contributed by atoms with Crippen molar-refractivity contribution in [3.8, 4) is 5.75 Å². The first-order chi connectivity index (χ1) is 11.5. The van der Waals surface area contributed by atoms with Gasteiger partial charge in [0.1, 0.15) is 5.75 Å². The molecule has 2 amide bonds. The number of nitrogens with one attached hydrogen (secondary N) is 2. The van der Waals surface area contributed by atoms with E-state index in [2.05, 4.69) is 24.5 Å². The van der Waals surface area contributed by atoms with E-state index in [0.29, 0.717) is 30.6 Å². The van der Waals surface area contributed by atoms with Crippen LogP contribution in [-0.4, -0.2) is 12.6 Å². The monoisotopic (exact) mass is 346 g/mol. The number of para-hydroxylation sites is 1. The SMILES string of the molecule is CC(C)COc1ccccc1CNC(=O)NCc1ccc(Cl)cc1. The number of rotatable bonds is 7. The molecule has 0 aliphatic heterocycles. The molecule has 2 aromatic carbocycles. The molecule has 0 bridgehead atoms. The molecular formula is C19H23ClN2O2. The van der Waals surface area contributed by atoms with Gasteiger partial charge in [-0.25, -0.2) is 4.79 Å². The number of amides is 2. The Balaban J connectivity index is 1.82. The average Bonchev–Trinajstić information content (AvgIpc) is 2.58. The molecule has 0 aliphatic carbocycles. The molecule has 5 heteroatoms. The third kappa shape index (κ3) is 6.13. The van der Waals surface area contributed by atoms with Crippen LogP contribution in [0.15, 0.2) is 48.5 Å². The van der Waals surface area contributed by atoms with E-state index in [0.717, 1.165) is 16.9 Å². The van der Waals surface area contributed by atoms with Crippen LogP contribution in [0.3, 0.4) is 0 Å². The quantitative estimate of drug-likeness (QED) is 0.782. The normalized spacial score (nSPS) is 10.5. The topological polar surface area (TPSA) is 50.4 Å². The molecule has 2 aromatic rings.